The van der Waals surface area contributed by atoms with Gasteiger partial charge in [-0.1, -0.05) is 25.1 Å². The predicted octanol–water partition coefficient (Wildman–Crippen LogP) is 3.30. The molecule has 0 aliphatic heterocycles. The number of nitrogens with zero attached hydrogens (tertiary/aromatic N) is 3. The first-order chi connectivity index (χ1) is 6.97. The van der Waals surface area contributed by atoms with E-state index >= 15 is 0 Å². The average molecular weight is 226 g/mol. The van der Waals surface area contributed by atoms with E-state index < -0.39 is 0 Å². The van der Waals surface area contributed by atoms with Crippen molar-refractivity contribution in [2.75, 3.05) is 0 Å². The van der Waals surface area contributed by atoms with Crippen molar-refractivity contribution < 1.29 is 0 Å². The molecule has 0 atom stereocenters. The Morgan fingerprint density at radius 1 is 1.53 bits per heavy atom. The topological polar surface area (TPSA) is 30.2 Å². The monoisotopic (exact) mass is 225 g/mol. The molecule has 1 heterocycles. The molecule has 0 saturated heterocycles. The third-order valence-electron chi connectivity index (χ3n) is 2.14. The maximum atomic E-state index is 5.79. The van der Waals surface area contributed by atoms with Gasteiger partial charge < -0.3 is 4.57 Å². The lowest BCUT2D eigenvalue weighted by molar-refractivity contribution is 0.809. The minimum absolute atomic E-state index is 0.503. The van der Waals surface area contributed by atoms with E-state index in [0.717, 1.165) is 29.3 Å². The summed E-state index contributed by atoms with van der Waals surface area (Å²) < 4.78 is 1.95. The summed E-state index contributed by atoms with van der Waals surface area (Å²) in [6.07, 6.45) is 0.869. The summed E-state index contributed by atoms with van der Waals surface area (Å²) >= 11 is 5.79. The average Bonchev–Trinajstić information content (AvgIpc) is 2.43. The summed E-state index contributed by atoms with van der Waals surface area (Å²) in [4.78, 5) is 8.75. The van der Waals surface area contributed by atoms with Crippen LogP contribution < -0.4 is 0 Å². The number of hydrogen-bond donors (Lipinski definition) is 0. The summed E-state index contributed by atoms with van der Waals surface area (Å²) in [5.74, 6) is 1.77. The lowest BCUT2D eigenvalue weighted by atomic mass is 10.2. The zero-order valence-electron chi connectivity index (χ0n) is 9.63. The van der Waals surface area contributed by atoms with Gasteiger partial charge in [0.25, 0.3) is 0 Å². The maximum Gasteiger partial charge on any atom is 0.161 e. The van der Waals surface area contributed by atoms with Crippen molar-refractivity contribution in [1.82, 2.24) is 9.55 Å². The second-order valence-electron chi connectivity index (χ2n) is 3.50. The Labute approximate surface area is 95.5 Å². The molecule has 1 aromatic heterocycles. The van der Waals surface area contributed by atoms with E-state index in [9.17, 15) is 0 Å². The Morgan fingerprint density at radius 3 is 2.53 bits per heavy atom. The van der Waals surface area contributed by atoms with E-state index in [0.29, 0.717) is 5.17 Å². The van der Waals surface area contributed by atoms with Crippen LogP contribution in [0, 0.1) is 0 Å². The quantitative estimate of drug-likeness (QED) is 0.726. The third kappa shape index (κ3) is 2.48. The van der Waals surface area contributed by atoms with Crippen LogP contribution in [0.3, 0.4) is 0 Å². The summed E-state index contributed by atoms with van der Waals surface area (Å²) in [5, 5.41) is 0.503. The second kappa shape index (κ2) is 4.62. The molecular weight excluding hydrogens is 210 g/mol. The first-order valence-electron chi connectivity index (χ1n) is 4.89. The molecule has 0 fully saturated rings. The number of rotatable bonds is 3. The molecule has 0 saturated carbocycles. The van der Waals surface area contributed by atoms with E-state index in [1.807, 2.05) is 18.5 Å². The molecule has 0 radical (unpaired) electrons. The summed E-state index contributed by atoms with van der Waals surface area (Å²) in [7, 11) is 1.94. The highest BCUT2D eigenvalue weighted by Crippen LogP contribution is 2.26. The van der Waals surface area contributed by atoms with Crippen LogP contribution in [0.25, 0.3) is 5.57 Å². The molecule has 15 heavy (non-hydrogen) atoms. The summed E-state index contributed by atoms with van der Waals surface area (Å²) in [6, 6.07) is 0. The number of halogens is 1. The smallest absolute Gasteiger partial charge is 0.161 e. The van der Waals surface area contributed by atoms with Crippen LogP contribution in [-0.4, -0.2) is 14.7 Å². The van der Waals surface area contributed by atoms with E-state index in [4.69, 9.17) is 11.6 Å². The van der Waals surface area contributed by atoms with Gasteiger partial charge >= 0.3 is 0 Å². The first-order valence-corrected chi connectivity index (χ1v) is 5.27. The zero-order valence-corrected chi connectivity index (χ0v) is 10.4. The van der Waals surface area contributed by atoms with Gasteiger partial charge in [0.15, 0.2) is 5.82 Å². The standard InChI is InChI=1S/C11H16ClN3/c1-6-9-14-10(7(2)3)11(15(9)5)13-8(4)12/h2,6H2,1,3-5H3/b13-8+. The molecule has 0 N–H and O–H groups in total. The van der Waals surface area contributed by atoms with Crippen LogP contribution in [0.1, 0.15) is 32.3 Å². The second-order valence-corrected chi connectivity index (χ2v) is 4.05. The molecule has 82 valence electrons. The number of imidazole rings is 1. The SMILES string of the molecule is C=C(C)c1nc(CC)n(C)c1/N=C(\C)Cl. The fraction of sp³-hybridized carbons (Fsp3) is 0.455. The minimum atomic E-state index is 0.503. The molecule has 0 unspecified atom stereocenters. The van der Waals surface area contributed by atoms with Crippen molar-refractivity contribution in [1.29, 1.82) is 0 Å². The molecule has 0 spiro atoms. The molecule has 0 aromatic carbocycles. The van der Waals surface area contributed by atoms with Crippen LogP contribution in [0.4, 0.5) is 5.82 Å². The molecule has 0 bridgehead atoms. The molecule has 0 aliphatic rings. The van der Waals surface area contributed by atoms with Crippen LogP contribution in [0.15, 0.2) is 11.6 Å². The highest BCUT2D eigenvalue weighted by atomic mass is 35.5. The van der Waals surface area contributed by atoms with Crippen molar-refractivity contribution in [2.24, 2.45) is 12.0 Å². The van der Waals surface area contributed by atoms with Crippen molar-refractivity contribution in [3.05, 3.63) is 18.1 Å². The van der Waals surface area contributed by atoms with Crippen molar-refractivity contribution >= 4 is 28.2 Å². The Balaban J connectivity index is 3.38. The fourth-order valence-corrected chi connectivity index (χ4v) is 1.49. The van der Waals surface area contributed by atoms with Gasteiger partial charge in [-0.2, -0.15) is 0 Å². The van der Waals surface area contributed by atoms with Crippen LogP contribution in [0.5, 0.6) is 0 Å². The third-order valence-corrected chi connectivity index (χ3v) is 2.22. The first kappa shape index (κ1) is 12.0. The number of allylic oxidation sites excluding steroid dienone is 1. The maximum absolute atomic E-state index is 5.79. The largest absolute Gasteiger partial charge is 0.316 e. The molecule has 4 heteroatoms. The van der Waals surface area contributed by atoms with Crippen LogP contribution in [0.2, 0.25) is 0 Å². The van der Waals surface area contributed by atoms with Gasteiger partial charge in [0, 0.05) is 13.5 Å². The molecule has 1 aromatic rings. The Kier molecular flexibility index (Phi) is 3.69. The van der Waals surface area contributed by atoms with Crippen molar-refractivity contribution in [2.45, 2.75) is 27.2 Å². The van der Waals surface area contributed by atoms with Gasteiger partial charge in [-0.05, 0) is 19.4 Å². The van der Waals surface area contributed by atoms with Gasteiger partial charge in [-0.25, -0.2) is 9.98 Å². The van der Waals surface area contributed by atoms with Gasteiger partial charge in [0.05, 0.1) is 0 Å². The molecular formula is C11H16ClN3. The van der Waals surface area contributed by atoms with Crippen molar-refractivity contribution in [3.8, 4) is 0 Å². The number of aryl methyl sites for hydroxylation is 1. The minimum Gasteiger partial charge on any atom is -0.316 e. The highest BCUT2D eigenvalue weighted by Gasteiger charge is 2.13. The lowest BCUT2D eigenvalue weighted by Crippen LogP contribution is -1.95. The summed E-state index contributed by atoms with van der Waals surface area (Å²) in [5.41, 5.74) is 1.73. The van der Waals surface area contributed by atoms with Crippen LogP contribution >= 0.6 is 11.6 Å². The number of aliphatic imine (C=N–C) groups is 1. The fourth-order valence-electron chi connectivity index (χ4n) is 1.41. The zero-order chi connectivity index (χ0) is 11.6. The van der Waals surface area contributed by atoms with Gasteiger partial charge in [0.1, 0.15) is 16.7 Å². The number of hydrogen-bond acceptors (Lipinski definition) is 2. The van der Waals surface area contributed by atoms with Gasteiger partial charge in [-0.3, -0.25) is 0 Å². The van der Waals surface area contributed by atoms with E-state index in [1.54, 1.807) is 6.92 Å². The molecule has 0 aliphatic carbocycles. The Morgan fingerprint density at radius 2 is 2.13 bits per heavy atom. The predicted molar refractivity (Wildman–Crippen MR) is 65.9 cm³/mol. The highest BCUT2D eigenvalue weighted by molar-refractivity contribution is 6.65. The lowest BCUT2D eigenvalue weighted by Gasteiger charge is -2.01. The Bertz CT molecular complexity index is 412. The normalized spacial score (nSPS) is 11.9. The number of aromatic nitrogens is 2. The van der Waals surface area contributed by atoms with Gasteiger partial charge in [-0.15, -0.1) is 0 Å². The van der Waals surface area contributed by atoms with Crippen molar-refractivity contribution in [3.63, 3.8) is 0 Å². The Hall–Kier alpha value is -1.09. The van der Waals surface area contributed by atoms with Crippen LogP contribution in [-0.2, 0) is 13.5 Å². The molecule has 3 nitrogen and oxygen atoms in total. The van der Waals surface area contributed by atoms with E-state index in [1.165, 1.54) is 0 Å². The summed E-state index contributed by atoms with van der Waals surface area (Å²) in [6.45, 7) is 9.63. The molecule has 1 rings (SSSR count). The van der Waals surface area contributed by atoms with Gasteiger partial charge in [0.2, 0.25) is 0 Å². The van der Waals surface area contributed by atoms with E-state index in [-0.39, 0.29) is 0 Å². The van der Waals surface area contributed by atoms with E-state index in [2.05, 4.69) is 23.5 Å². The molecule has 0 amide bonds.